The lowest BCUT2D eigenvalue weighted by Crippen LogP contribution is -2.15. The van der Waals surface area contributed by atoms with Crippen molar-refractivity contribution in [1.29, 1.82) is 0 Å². The van der Waals surface area contributed by atoms with Crippen molar-refractivity contribution in [2.75, 3.05) is 5.32 Å². The second-order valence-corrected chi connectivity index (χ2v) is 4.40. The Morgan fingerprint density at radius 3 is 2.71 bits per heavy atom. The third kappa shape index (κ3) is 1.83. The van der Waals surface area contributed by atoms with E-state index in [1.807, 2.05) is 0 Å². The molecule has 0 fully saturated rings. The van der Waals surface area contributed by atoms with E-state index in [-0.39, 0.29) is 11.9 Å². The van der Waals surface area contributed by atoms with E-state index in [9.17, 15) is 4.79 Å². The van der Waals surface area contributed by atoms with Crippen LogP contribution in [0.4, 0.5) is 5.95 Å². The number of nitrogens with zero attached hydrogens (tertiary/aromatic N) is 5. The van der Waals surface area contributed by atoms with Crippen molar-refractivity contribution in [2.24, 2.45) is 0 Å². The first-order chi connectivity index (χ1) is 10.3. The maximum atomic E-state index is 12.4. The molecule has 21 heavy (non-hydrogen) atoms. The van der Waals surface area contributed by atoms with Crippen LogP contribution in [0.15, 0.2) is 37.1 Å². The van der Waals surface area contributed by atoms with E-state index in [0.29, 0.717) is 17.0 Å². The van der Waals surface area contributed by atoms with Gasteiger partial charge in [-0.15, -0.1) is 0 Å². The fourth-order valence-corrected chi connectivity index (χ4v) is 2.26. The number of anilines is 1. The van der Waals surface area contributed by atoms with E-state index >= 15 is 0 Å². The molecule has 1 amide bonds. The molecule has 3 aromatic rings. The number of carbonyl (C=O) groups is 1. The first-order valence-corrected chi connectivity index (χ1v) is 6.23. The van der Waals surface area contributed by atoms with Crippen molar-refractivity contribution >= 4 is 34.4 Å². The molecule has 100 valence electrons. The van der Waals surface area contributed by atoms with Gasteiger partial charge in [-0.05, 0) is 18.2 Å². The minimum absolute atomic E-state index is 0.248. The summed E-state index contributed by atoms with van der Waals surface area (Å²) in [5.41, 5.74) is 2.47. The van der Waals surface area contributed by atoms with E-state index in [4.69, 9.17) is 0 Å². The molecular formula is C14H8N6O. The number of nitrogens with one attached hydrogen (secondary N) is 1. The number of hydrogen-bond donors (Lipinski definition) is 1. The third-order valence-electron chi connectivity index (χ3n) is 3.15. The molecule has 0 atom stereocenters. The van der Waals surface area contributed by atoms with Gasteiger partial charge >= 0.3 is 0 Å². The standard InChI is InChI=1S/C14H8N6O/c21-13(20-14-16-3-1-4-17-14)8-6-10-11-9(2-5-15-10)18-7-19-12(8)11/h1-7H,(H,16,17,20,21). The Labute approximate surface area is 118 Å². The second kappa shape index (κ2) is 4.41. The van der Waals surface area contributed by atoms with E-state index in [1.54, 1.807) is 36.8 Å². The Morgan fingerprint density at radius 1 is 1.00 bits per heavy atom. The van der Waals surface area contributed by atoms with Crippen LogP contribution < -0.4 is 5.32 Å². The zero-order valence-corrected chi connectivity index (χ0v) is 10.7. The maximum absolute atomic E-state index is 12.4. The smallest absolute Gasteiger partial charge is 0.260 e. The fourth-order valence-electron chi connectivity index (χ4n) is 2.26. The quantitative estimate of drug-likeness (QED) is 0.758. The number of carbonyl (C=O) groups excluding carboxylic acids is 1. The normalized spacial score (nSPS) is 12.3. The molecule has 1 aliphatic carbocycles. The van der Waals surface area contributed by atoms with Crippen LogP contribution in [0.5, 0.6) is 0 Å². The molecular weight excluding hydrogens is 268 g/mol. The third-order valence-corrected chi connectivity index (χ3v) is 3.15. The van der Waals surface area contributed by atoms with Gasteiger partial charge in [0.2, 0.25) is 5.95 Å². The molecule has 0 bridgehead atoms. The summed E-state index contributed by atoms with van der Waals surface area (Å²) in [6.45, 7) is 0. The van der Waals surface area contributed by atoms with Crippen molar-refractivity contribution in [1.82, 2.24) is 24.9 Å². The summed E-state index contributed by atoms with van der Waals surface area (Å²) >= 11 is 0. The Bertz CT molecular complexity index is 885. The molecule has 0 saturated carbocycles. The fraction of sp³-hybridized carbons (Fsp3) is 0. The molecule has 0 unspecified atom stereocenters. The molecule has 3 heterocycles. The Kier molecular flexibility index (Phi) is 2.43. The number of hydrogen-bond acceptors (Lipinski definition) is 6. The van der Waals surface area contributed by atoms with Gasteiger partial charge < -0.3 is 0 Å². The number of amides is 1. The Balaban J connectivity index is 1.75. The highest BCUT2D eigenvalue weighted by atomic mass is 16.1. The van der Waals surface area contributed by atoms with Gasteiger partial charge in [0.05, 0.1) is 27.9 Å². The van der Waals surface area contributed by atoms with Gasteiger partial charge in [-0.2, -0.15) is 0 Å². The molecule has 1 aliphatic rings. The first-order valence-electron chi connectivity index (χ1n) is 6.23. The highest BCUT2D eigenvalue weighted by molar-refractivity contribution is 6.33. The molecule has 7 heteroatoms. The van der Waals surface area contributed by atoms with Gasteiger partial charge in [-0.1, -0.05) is 0 Å². The topological polar surface area (TPSA) is 93.6 Å². The Hall–Kier alpha value is -3.22. The summed E-state index contributed by atoms with van der Waals surface area (Å²) < 4.78 is 0. The lowest BCUT2D eigenvalue weighted by Gasteiger charge is -2.04. The summed E-state index contributed by atoms with van der Waals surface area (Å²) in [6, 6.07) is 3.47. The summed E-state index contributed by atoms with van der Waals surface area (Å²) in [7, 11) is 0. The maximum Gasteiger partial charge on any atom is 0.260 e. The van der Waals surface area contributed by atoms with Crippen molar-refractivity contribution < 1.29 is 4.79 Å². The van der Waals surface area contributed by atoms with E-state index < -0.39 is 0 Å². The molecule has 0 aromatic carbocycles. The van der Waals surface area contributed by atoms with Crippen LogP contribution in [0.2, 0.25) is 0 Å². The summed E-state index contributed by atoms with van der Waals surface area (Å²) in [5.74, 6) is -0.0724. The lowest BCUT2D eigenvalue weighted by molar-refractivity contribution is -0.111. The molecule has 0 radical (unpaired) electrons. The number of aromatic nitrogens is 5. The van der Waals surface area contributed by atoms with Gasteiger partial charge in [0, 0.05) is 18.6 Å². The highest BCUT2D eigenvalue weighted by Gasteiger charge is 2.24. The van der Waals surface area contributed by atoms with Gasteiger partial charge in [0.25, 0.3) is 5.91 Å². The molecule has 7 nitrogen and oxygen atoms in total. The summed E-state index contributed by atoms with van der Waals surface area (Å²) in [5, 5.41) is 3.43. The molecule has 0 aliphatic heterocycles. The van der Waals surface area contributed by atoms with Crippen LogP contribution in [-0.4, -0.2) is 30.8 Å². The SMILES string of the molecule is O=C(Nc1ncccn1)C1=Cc2nccc3ncnc1c23. The molecule has 0 saturated heterocycles. The highest BCUT2D eigenvalue weighted by Crippen LogP contribution is 2.32. The lowest BCUT2D eigenvalue weighted by atomic mass is 10.2. The zero-order chi connectivity index (χ0) is 14.2. The monoisotopic (exact) mass is 276 g/mol. The largest absolute Gasteiger partial charge is 0.290 e. The van der Waals surface area contributed by atoms with Crippen LogP contribution >= 0.6 is 0 Å². The van der Waals surface area contributed by atoms with Crippen molar-refractivity contribution in [3.05, 3.63) is 48.4 Å². The zero-order valence-electron chi connectivity index (χ0n) is 10.7. The van der Waals surface area contributed by atoms with Gasteiger partial charge in [-0.25, -0.2) is 19.9 Å². The predicted molar refractivity (Wildman–Crippen MR) is 75.9 cm³/mol. The van der Waals surface area contributed by atoms with Crippen LogP contribution in [0.3, 0.4) is 0 Å². The van der Waals surface area contributed by atoms with Crippen molar-refractivity contribution in [3.63, 3.8) is 0 Å². The van der Waals surface area contributed by atoms with Crippen LogP contribution in [-0.2, 0) is 4.79 Å². The van der Waals surface area contributed by atoms with Gasteiger partial charge in [0.15, 0.2) is 0 Å². The van der Waals surface area contributed by atoms with Gasteiger partial charge in [0.1, 0.15) is 6.33 Å². The minimum Gasteiger partial charge on any atom is -0.290 e. The van der Waals surface area contributed by atoms with E-state index in [2.05, 4.69) is 30.2 Å². The van der Waals surface area contributed by atoms with Crippen LogP contribution in [0, 0.1) is 0 Å². The minimum atomic E-state index is -0.320. The van der Waals surface area contributed by atoms with Crippen molar-refractivity contribution in [3.8, 4) is 0 Å². The van der Waals surface area contributed by atoms with Crippen LogP contribution in [0.1, 0.15) is 11.4 Å². The Morgan fingerprint density at radius 2 is 1.86 bits per heavy atom. The van der Waals surface area contributed by atoms with E-state index in [1.165, 1.54) is 6.33 Å². The van der Waals surface area contributed by atoms with Crippen molar-refractivity contribution in [2.45, 2.75) is 0 Å². The summed E-state index contributed by atoms with van der Waals surface area (Å²) in [4.78, 5) is 32.9. The molecule has 4 rings (SSSR count). The number of pyridine rings is 1. The van der Waals surface area contributed by atoms with E-state index in [0.717, 1.165) is 10.9 Å². The molecule has 1 N–H and O–H groups in total. The second-order valence-electron chi connectivity index (χ2n) is 4.40. The first kappa shape index (κ1) is 11.6. The predicted octanol–water partition coefficient (Wildman–Crippen LogP) is 1.31. The number of rotatable bonds is 2. The molecule has 3 aromatic heterocycles. The summed E-state index contributed by atoms with van der Waals surface area (Å²) in [6.07, 6.45) is 7.92. The average Bonchev–Trinajstić information content (AvgIpc) is 2.90. The van der Waals surface area contributed by atoms with Gasteiger partial charge in [-0.3, -0.25) is 15.1 Å². The van der Waals surface area contributed by atoms with Crippen LogP contribution in [0.25, 0.3) is 22.6 Å². The molecule has 0 spiro atoms. The average molecular weight is 276 g/mol.